The summed E-state index contributed by atoms with van der Waals surface area (Å²) in [6.45, 7) is 4.32. The highest BCUT2D eigenvalue weighted by atomic mass is 15.1. The first-order valence-corrected chi connectivity index (χ1v) is 4.71. The third kappa shape index (κ3) is 1.66. The second-order valence-corrected chi connectivity index (χ2v) is 3.57. The van der Waals surface area contributed by atoms with E-state index < -0.39 is 0 Å². The smallest absolute Gasteiger partial charge is 0.137 e. The van der Waals surface area contributed by atoms with E-state index in [9.17, 15) is 0 Å². The van der Waals surface area contributed by atoms with E-state index in [-0.39, 0.29) is 0 Å². The number of hydrogen-bond acceptors (Lipinski definition) is 2. The van der Waals surface area contributed by atoms with Crippen LogP contribution in [0.2, 0.25) is 0 Å². The Morgan fingerprint density at radius 2 is 2.14 bits per heavy atom. The van der Waals surface area contributed by atoms with Crippen molar-refractivity contribution in [2.75, 3.05) is 0 Å². The second kappa shape index (κ2) is 3.62. The number of nitrogens with zero attached hydrogens (tertiary/aromatic N) is 3. The predicted octanol–water partition coefficient (Wildman–Crippen LogP) is 2.39. The minimum atomic E-state index is 0.527. The largest absolute Gasteiger partial charge is 0.291 e. The van der Waals surface area contributed by atoms with Crippen LogP contribution in [0.5, 0.6) is 0 Å². The molecule has 0 aromatic carbocycles. The Hall–Kier alpha value is -1.64. The SMILES string of the molecule is CC(C)c1ccc(-n2ccnc2)nc1. The molecule has 0 unspecified atom stereocenters. The molecule has 3 heteroatoms. The fourth-order valence-corrected chi connectivity index (χ4v) is 1.29. The maximum atomic E-state index is 4.37. The lowest BCUT2D eigenvalue weighted by atomic mass is 10.1. The first kappa shape index (κ1) is 8.94. The number of hydrogen-bond donors (Lipinski definition) is 0. The van der Waals surface area contributed by atoms with Crippen LogP contribution < -0.4 is 0 Å². The Labute approximate surface area is 83.4 Å². The van der Waals surface area contributed by atoms with Crippen LogP contribution >= 0.6 is 0 Å². The molecule has 3 nitrogen and oxygen atoms in total. The molecule has 0 N–H and O–H groups in total. The van der Waals surface area contributed by atoms with Gasteiger partial charge >= 0.3 is 0 Å². The molecular formula is C11H13N3. The summed E-state index contributed by atoms with van der Waals surface area (Å²) in [5.74, 6) is 1.44. The normalized spacial score (nSPS) is 10.8. The van der Waals surface area contributed by atoms with E-state index in [0.29, 0.717) is 5.92 Å². The number of aromatic nitrogens is 3. The van der Waals surface area contributed by atoms with Crippen LogP contribution in [0.15, 0.2) is 37.1 Å². The van der Waals surface area contributed by atoms with Gasteiger partial charge in [0.15, 0.2) is 0 Å². The van der Waals surface area contributed by atoms with Crippen LogP contribution in [0.1, 0.15) is 25.3 Å². The molecule has 72 valence electrons. The summed E-state index contributed by atoms with van der Waals surface area (Å²) in [5, 5.41) is 0. The van der Waals surface area contributed by atoms with Crippen LogP contribution in [0.4, 0.5) is 0 Å². The molecule has 0 radical (unpaired) electrons. The number of imidazole rings is 1. The van der Waals surface area contributed by atoms with Crippen LogP contribution in [0, 0.1) is 0 Å². The van der Waals surface area contributed by atoms with Crippen molar-refractivity contribution in [3.05, 3.63) is 42.6 Å². The van der Waals surface area contributed by atoms with Crippen molar-refractivity contribution in [1.29, 1.82) is 0 Å². The standard InChI is InChI=1S/C11H13N3/c1-9(2)10-3-4-11(13-7-10)14-6-5-12-8-14/h3-9H,1-2H3. The first-order chi connectivity index (χ1) is 6.77. The molecule has 0 amide bonds. The molecule has 0 saturated carbocycles. The van der Waals surface area contributed by atoms with E-state index in [1.165, 1.54) is 5.56 Å². The van der Waals surface area contributed by atoms with Gasteiger partial charge in [-0.15, -0.1) is 0 Å². The van der Waals surface area contributed by atoms with Crippen molar-refractivity contribution < 1.29 is 0 Å². The molecule has 0 aliphatic rings. The second-order valence-electron chi connectivity index (χ2n) is 3.57. The first-order valence-electron chi connectivity index (χ1n) is 4.71. The summed E-state index contributed by atoms with van der Waals surface area (Å²) in [4.78, 5) is 8.34. The summed E-state index contributed by atoms with van der Waals surface area (Å²) in [5.41, 5.74) is 1.26. The van der Waals surface area contributed by atoms with Crippen LogP contribution in [-0.2, 0) is 0 Å². The van der Waals surface area contributed by atoms with E-state index in [1.54, 1.807) is 12.5 Å². The highest BCUT2D eigenvalue weighted by Crippen LogP contribution is 2.13. The fraction of sp³-hybridized carbons (Fsp3) is 0.273. The van der Waals surface area contributed by atoms with Crippen molar-refractivity contribution in [3.63, 3.8) is 0 Å². The monoisotopic (exact) mass is 187 g/mol. The van der Waals surface area contributed by atoms with Gasteiger partial charge in [-0.25, -0.2) is 9.97 Å². The maximum Gasteiger partial charge on any atom is 0.137 e. The Morgan fingerprint density at radius 3 is 2.64 bits per heavy atom. The zero-order chi connectivity index (χ0) is 9.97. The minimum Gasteiger partial charge on any atom is -0.291 e. The molecule has 0 spiro atoms. The average molecular weight is 187 g/mol. The maximum absolute atomic E-state index is 4.37. The molecule has 2 heterocycles. The molecule has 0 atom stereocenters. The highest BCUT2D eigenvalue weighted by Gasteiger charge is 2.00. The fourth-order valence-electron chi connectivity index (χ4n) is 1.29. The molecule has 0 bridgehead atoms. The van der Waals surface area contributed by atoms with E-state index in [2.05, 4.69) is 29.9 Å². The molecule has 0 fully saturated rings. The van der Waals surface area contributed by atoms with E-state index in [4.69, 9.17) is 0 Å². The summed E-state index contributed by atoms with van der Waals surface area (Å²) in [7, 11) is 0. The zero-order valence-electron chi connectivity index (χ0n) is 8.38. The summed E-state index contributed by atoms with van der Waals surface area (Å²) >= 11 is 0. The summed E-state index contributed by atoms with van der Waals surface area (Å²) in [6.07, 6.45) is 7.30. The van der Waals surface area contributed by atoms with Gasteiger partial charge in [0.1, 0.15) is 12.1 Å². The van der Waals surface area contributed by atoms with Crippen molar-refractivity contribution >= 4 is 0 Å². The van der Waals surface area contributed by atoms with Crippen molar-refractivity contribution in [3.8, 4) is 5.82 Å². The lowest BCUT2D eigenvalue weighted by Gasteiger charge is -2.05. The van der Waals surface area contributed by atoms with Gasteiger partial charge in [-0.1, -0.05) is 19.9 Å². The Bertz CT molecular complexity index is 387. The highest BCUT2D eigenvalue weighted by molar-refractivity contribution is 5.26. The summed E-state index contributed by atoms with van der Waals surface area (Å²) in [6, 6.07) is 4.12. The van der Waals surface area contributed by atoms with Gasteiger partial charge < -0.3 is 0 Å². The van der Waals surface area contributed by atoms with Gasteiger partial charge in [-0.3, -0.25) is 4.57 Å². The van der Waals surface area contributed by atoms with Gasteiger partial charge in [0.05, 0.1) is 0 Å². The van der Waals surface area contributed by atoms with Crippen LogP contribution in [0.3, 0.4) is 0 Å². The molecule has 0 aliphatic carbocycles. The molecule has 2 aromatic rings. The molecule has 2 rings (SSSR count). The van der Waals surface area contributed by atoms with Gasteiger partial charge in [-0.2, -0.15) is 0 Å². The number of rotatable bonds is 2. The van der Waals surface area contributed by atoms with Crippen molar-refractivity contribution in [1.82, 2.24) is 14.5 Å². The summed E-state index contributed by atoms with van der Waals surface area (Å²) < 4.78 is 1.89. The Morgan fingerprint density at radius 1 is 1.29 bits per heavy atom. The topological polar surface area (TPSA) is 30.7 Å². The minimum absolute atomic E-state index is 0.527. The van der Waals surface area contributed by atoms with Gasteiger partial charge in [0.25, 0.3) is 0 Å². The average Bonchev–Trinajstić information content (AvgIpc) is 2.71. The lowest BCUT2D eigenvalue weighted by Crippen LogP contribution is -1.96. The van der Waals surface area contributed by atoms with Crippen LogP contribution in [-0.4, -0.2) is 14.5 Å². The van der Waals surface area contributed by atoms with E-state index >= 15 is 0 Å². The lowest BCUT2D eigenvalue weighted by molar-refractivity contribution is 0.851. The molecule has 0 aliphatic heterocycles. The van der Waals surface area contributed by atoms with E-state index in [1.807, 2.05) is 23.0 Å². The van der Waals surface area contributed by atoms with Gasteiger partial charge in [-0.05, 0) is 17.5 Å². The molecule has 14 heavy (non-hydrogen) atoms. The van der Waals surface area contributed by atoms with Gasteiger partial charge in [0.2, 0.25) is 0 Å². The third-order valence-corrected chi connectivity index (χ3v) is 2.21. The quantitative estimate of drug-likeness (QED) is 0.722. The number of pyridine rings is 1. The third-order valence-electron chi connectivity index (χ3n) is 2.21. The zero-order valence-corrected chi connectivity index (χ0v) is 8.38. The van der Waals surface area contributed by atoms with Crippen molar-refractivity contribution in [2.24, 2.45) is 0 Å². The molecular weight excluding hydrogens is 174 g/mol. The van der Waals surface area contributed by atoms with E-state index in [0.717, 1.165) is 5.82 Å². The van der Waals surface area contributed by atoms with Gasteiger partial charge in [0, 0.05) is 18.6 Å². The van der Waals surface area contributed by atoms with Crippen LogP contribution in [0.25, 0.3) is 5.82 Å². The molecule has 2 aromatic heterocycles. The van der Waals surface area contributed by atoms with Crippen molar-refractivity contribution in [2.45, 2.75) is 19.8 Å². The molecule has 0 saturated heterocycles. The Balaban J connectivity index is 2.31. The Kier molecular flexibility index (Phi) is 2.31. The predicted molar refractivity (Wildman–Crippen MR) is 55.4 cm³/mol.